The van der Waals surface area contributed by atoms with Gasteiger partial charge in [-0.05, 0) is 44.4 Å². The molecule has 0 aliphatic heterocycles. The van der Waals surface area contributed by atoms with Crippen molar-refractivity contribution < 1.29 is 9.63 Å². The van der Waals surface area contributed by atoms with Crippen molar-refractivity contribution in [2.24, 2.45) is 5.41 Å². The summed E-state index contributed by atoms with van der Waals surface area (Å²) < 4.78 is 5.38. The highest BCUT2D eigenvalue weighted by Gasteiger charge is 2.28. The molecule has 1 fully saturated rings. The molecule has 1 aromatic heterocycles. The first-order valence-corrected chi connectivity index (χ1v) is 8.63. The number of nitrogens with one attached hydrogen (secondary N) is 1. The van der Waals surface area contributed by atoms with Gasteiger partial charge in [0, 0.05) is 24.9 Å². The second-order valence-corrected chi connectivity index (χ2v) is 7.55. The molecule has 0 aromatic carbocycles. The summed E-state index contributed by atoms with van der Waals surface area (Å²) >= 11 is 0. The number of hydrogen-bond donors (Lipinski definition) is 2. The Hall–Kier alpha value is -0.940. The lowest BCUT2D eigenvalue weighted by atomic mass is 9.83. The maximum atomic E-state index is 9.56. The first-order valence-electron chi connectivity index (χ1n) is 8.63. The Kier molecular flexibility index (Phi) is 5.98. The van der Waals surface area contributed by atoms with E-state index in [0.29, 0.717) is 12.0 Å². The molecule has 1 atom stereocenters. The van der Waals surface area contributed by atoms with Crippen molar-refractivity contribution in [3.8, 4) is 0 Å². The van der Waals surface area contributed by atoms with Gasteiger partial charge in [0.1, 0.15) is 0 Å². The van der Waals surface area contributed by atoms with E-state index in [1.807, 2.05) is 13.8 Å². The van der Waals surface area contributed by atoms with Gasteiger partial charge in [0.2, 0.25) is 5.89 Å². The maximum Gasteiger partial charge on any atom is 0.229 e. The zero-order chi connectivity index (χ0) is 16.2. The van der Waals surface area contributed by atoms with Crippen molar-refractivity contribution in [1.82, 2.24) is 15.5 Å². The predicted molar refractivity (Wildman–Crippen MR) is 86.8 cm³/mol. The lowest BCUT2D eigenvalue weighted by Gasteiger charge is -2.32. The SMILES string of the molecule is CCc1noc(C2CCC(NCC(C)(C)CC(C)O)CC2)n1. The van der Waals surface area contributed by atoms with E-state index in [4.69, 9.17) is 4.52 Å². The molecule has 1 saturated carbocycles. The minimum absolute atomic E-state index is 0.132. The van der Waals surface area contributed by atoms with Crippen LogP contribution in [0.2, 0.25) is 0 Å². The van der Waals surface area contributed by atoms with E-state index < -0.39 is 0 Å². The summed E-state index contributed by atoms with van der Waals surface area (Å²) in [7, 11) is 0. The molecule has 2 rings (SSSR count). The van der Waals surface area contributed by atoms with Gasteiger partial charge in [-0.3, -0.25) is 0 Å². The molecule has 1 aliphatic rings. The fourth-order valence-corrected chi connectivity index (χ4v) is 3.41. The number of aliphatic hydroxyl groups excluding tert-OH is 1. The summed E-state index contributed by atoms with van der Waals surface area (Å²) in [5.74, 6) is 2.07. The molecule has 126 valence electrons. The third kappa shape index (κ3) is 5.06. The Morgan fingerprint density at radius 2 is 2.00 bits per heavy atom. The molecule has 0 radical (unpaired) electrons. The molecule has 1 heterocycles. The van der Waals surface area contributed by atoms with Gasteiger partial charge in [-0.2, -0.15) is 4.98 Å². The summed E-state index contributed by atoms with van der Waals surface area (Å²) in [5, 5.41) is 17.2. The summed E-state index contributed by atoms with van der Waals surface area (Å²) in [4.78, 5) is 4.47. The predicted octanol–water partition coefficient (Wildman–Crippen LogP) is 3.04. The molecule has 0 saturated heterocycles. The van der Waals surface area contributed by atoms with Gasteiger partial charge < -0.3 is 14.9 Å². The number of hydrogen-bond acceptors (Lipinski definition) is 5. The van der Waals surface area contributed by atoms with Gasteiger partial charge in [-0.25, -0.2) is 0 Å². The number of rotatable bonds is 7. The second-order valence-electron chi connectivity index (χ2n) is 7.55. The quantitative estimate of drug-likeness (QED) is 0.810. The standard InChI is InChI=1S/C17H31N3O2/c1-5-15-19-16(22-20-15)13-6-8-14(9-7-13)18-11-17(3,4)10-12(2)21/h12-14,18,21H,5-11H2,1-4H3. The lowest BCUT2D eigenvalue weighted by Crippen LogP contribution is -2.40. The van der Waals surface area contributed by atoms with Gasteiger partial charge in [0.05, 0.1) is 6.10 Å². The second kappa shape index (κ2) is 7.55. The molecule has 1 aliphatic carbocycles. The Labute approximate surface area is 133 Å². The van der Waals surface area contributed by atoms with Crippen LogP contribution in [-0.2, 0) is 6.42 Å². The number of aromatic nitrogens is 2. The molecular weight excluding hydrogens is 278 g/mol. The van der Waals surface area contributed by atoms with Gasteiger partial charge in [0.15, 0.2) is 5.82 Å². The zero-order valence-electron chi connectivity index (χ0n) is 14.4. The van der Waals surface area contributed by atoms with Crippen LogP contribution in [0.5, 0.6) is 0 Å². The fraction of sp³-hybridized carbons (Fsp3) is 0.882. The van der Waals surface area contributed by atoms with Gasteiger partial charge in [-0.1, -0.05) is 25.9 Å². The highest BCUT2D eigenvalue weighted by molar-refractivity contribution is 4.97. The molecule has 2 N–H and O–H groups in total. The minimum atomic E-state index is -0.238. The van der Waals surface area contributed by atoms with Gasteiger partial charge >= 0.3 is 0 Å². The third-order valence-corrected chi connectivity index (χ3v) is 4.59. The van der Waals surface area contributed by atoms with E-state index in [-0.39, 0.29) is 11.5 Å². The van der Waals surface area contributed by atoms with Crippen LogP contribution in [-0.4, -0.2) is 33.9 Å². The van der Waals surface area contributed by atoms with E-state index in [2.05, 4.69) is 29.3 Å². The average Bonchev–Trinajstić information content (AvgIpc) is 2.93. The van der Waals surface area contributed by atoms with E-state index in [1.165, 1.54) is 0 Å². The largest absolute Gasteiger partial charge is 0.393 e. The smallest absolute Gasteiger partial charge is 0.229 e. The molecule has 22 heavy (non-hydrogen) atoms. The van der Waals surface area contributed by atoms with Crippen LogP contribution in [0, 0.1) is 5.41 Å². The van der Waals surface area contributed by atoms with Crippen LogP contribution in [0.1, 0.15) is 77.4 Å². The van der Waals surface area contributed by atoms with Crippen molar-refractivity contribution in [1.29, 1.82) is 0 Å². The fourth-order valence-electron chi connectivity index (χ4n) is 3.41. The molecule has 1 aromatic rings. The van der Waals surface area contributed by atoms with Crippen LogP contribution < -0.4 is 5.32 Å². The number of aliphatic hydroxyl groups is 1. The van der Waals surface area contributed by atoms with E-state index in [0.717, 1.165) is 56.8 Å². The number of aryl methyl sites for hydroxylation is 1. The van der Waals surface area contributed by atoms with Crippen LogP contribution in [0.4, 0.5) is 0 Å². The highest BCUT2D eigenvalue weighted by atomic mass is 16.5. The molecular formula is C17H31N3O2. The van der Waals surface area contributed by atoms with Crippen molar-refractivity contribution in [3.63, 3.8) is 0 Å². The molecule has 0 bridgehead atoms. The van der Waals surface area contributed by atoms with Crippen LogP contribution in [0.3, 0.4) is 0 Å². The third-order valence-electron chi connectivity index (χ3n) is 4.59. The average molecular weight is 309 g/mol. The van der Waals surface area contributed by atoms with Gasteiger partial charge in [-0.15, -0.1) is 0 Å². The Morgan fingerprint density at radius 1 is 1.32 bits per heavy atom. The summed E-state index contributed by atoms with van der Waals surface area (Å²) in [5.41, 5.74) is 0.132. The first-order chi connectivity index (χ1) is 10.4. The molecule has 5 nitrogen and oxygen atoms in total. The van der Waals surface area contributed by atoms with Crippen LogP contribution in [0.15, 0.2) is 4.52 Å². The topological polar surface area (TPSA) is 71.2 Å². The van der Waals surface area contributed by atoms with Crippen molar-refractivity contribution in [2.45, 2.75) is 84.3 Å². The van der Waals surface area contributed by atoms with Gasteiger partial charge in [0.25, 0.3) is 0 Å². The molecule has 0 spiro atoms. The molecule has 0 amide bonds. The molecule has 1 unspecified atom stereocenters. The van der Waals surface area contributed by atoms with E-state index >= 15 is 0 Å². The minimum Gasteiger partial charge on any atom is -0.393 e. The highest BCUT2D eigenvalue weighted by Crippen LogP contribution is 2.32. The monoisotopic (exact) mass is 309 g/mol. The Morgan fingerprint density at radius 3 is 2.55 bits per heavy atom. The van der Waals surface area contributed by atoms with E-state index in [1.54, 1.807) is 0 Å². The maximum absolute atomic E-state index is 9.56. The van der Waals surface area contributed by atoms with Crippen molar-refractivity contribution in [3.05, 3.63) is 11.7 Å². The summed E-state index contributed by atoms with van der Waals surface area (Å²) in [6, 6.07) is 0.568. The van der Waals surface area contributed by atoms with Crippen LogP contribution in [0.25, 0.3) is 0 Å². The normalized spacial score (nSPS) is 24.4. The van der Waals surface area contributed by atoms with Crippen molar-refractivity contribution >= 4 is 0 Å². The summed E-state index contributed by atoms with van der Waals surface area (Å²) in [6.45, 7) is 9.28. The Bertz CT molecular complexity index is 449. The first kappa shape index (κ1) is 17.4. The van der Waals surface area contributed by atoms with E-state index in [9.17, 15) is 5.11 Å². The van der Waals surface area contributed by atoms with Crippen LogP contribution >= 0.6 is 0 Å². The Balaban J connectivity index is 1.75. The lowest BCUT2D eigenvalue weighted by molar-refractivity contribution is 0.124. The zero-order valence-corrected chi connectivity index (χ0v) is 14.4. The summed E-state index contributed by atoms with van der Waals surface area (Å²) in [6.07, 6.45) is 5.95. The number of nitrogens with zero attached hydrogens (tertiary/aromatic N) is 2. The molecule has 5 heteroatoms. The van der Waals surface area contributed by atoms with Crippen molar-refractivity contribution in [2.75, 3.05) is 6.54 Å².